The maximum absolute atomic E-state index is 4.92. The molecule has 1 aromatic rings. The van der Waals surface area contributed by atoms with Crippen LogP contribution in [0.1, 0.15) is 32.9 Å². The van der Waals surface area contributed by atoms with Gasteiger partial charge in [-0.1, -0.05) is 12.1 Å². The summed E-state index contributed by atoms with van der Waals surface area (Å²) in [5.41, 5.74) is 1.00. The Hall–Kier alpha value is -0.870. The van der Waals surface area contributed by atoms with Gasteiger partial charge in [-0.2, -0.15) is 0 Å². The second kappa shape index (κ2) is 12.5. The lowest BCUT2D eigenvalue weighted by Crippen LogP contribution is -2.52. The molecule has 2 heterocycles. The van der Waals surface area contributed by atoms with Crippen molar-refractivity contribution in [2.75, 3.05) is 52.9 Å². The highest BCUT2D eigenvalue weighted by molar-refractivity contribution is 14.0. The number of piperazine rings is 1. The van der Waals surface area contributed by atoms with Gasteiger partial charge in [-0.15, -0.1) is 24.0 Å². The van der Waals surface area contributed by atoms with E-state index < -0.39 is 0 Å². The van der Waals surface area contributed by atoms with Crippen LogP contribution in [0.25, 0.3) is 0 Å². The number of rotatable bonds is 8. The van der Waals surface area contributed by atoms with E-state index in [-0.39, 0.29) is 24.0 Å². The van der Waals surface area contributed by atoms with Crippen molar-refractivity contribution >= 4 is 29.9 Å². The normalized spacial score (nSPS) is 17.3. The maximum atomic E-state index is 4.92. The molecule has 1 N–H and O–H groups in total. The van der Waals surface area contributed by atoms with Gasteiger partial charge in [0.2, 0.25) is 0 Å². The Bertz CT molecular complexity index is 502. The van der Waals surface area contributed by atoms with Gasteiger partial charge >= 0.3 is 0 Å². The standard InChI is InChI=1S/C18H34N6O.HI/c1-5-16(3)22(4)9-8-20-18(19-6-2)24-12-10-23(11-13-24)15-17-7-14-25-21-17;/h7,14,16H,5-6,8-13,15H2,1-4H3,(H,19,20);1H. The van der Waals surface area contributed by atoms with E-state index in [1.54, 1.807) is 6.26 Å². The van der Waals surface area contributed by atoms with Crippen molar-refractivity contribution in [2.24, 2.45) is 4.99 Å². The van der Waals surface area contributed by atoms with Crippen LogP contribution in [-0.2, 0) is 6.54 Å². The van der Waals surface area contributed by atoms with Gasteiger partial charge in [-0.05, 0) is 27.3 Å². The third-order valence-electron chi connectivity index (χ3n) is 4.94. The molecular weight excluding hydrogens is 443 g/mol. The molecular formula is C18H35IN6O. The van der Waals surface area contributed by atoms with E-state index in [1.807, 2.05) is 6.07 Å². The lowest BCUT2D eigenvalue weighted by Gasteiger charge is -2.36. The fourth-order valence-corrected chi connectivity index (χ4v) is 2.94. The number of nitrogens with zero attached hydrogens (tertiary/aromatic N) is 5. The molecule has 0 saturated carbocycles. The Morgan fingerprint density at radius 2 is 2.08 bits per heavy atom. The lowest BCUT2D eigenvalue weighted by atomic mass is 10.2. The number of hydrogen-bond donors (Lipinski definition) is 1. The molecule has 1 aliphatic rings. The summed E-state index contributed by atoms with van der Waals surface area (Å²) in [5, 5.41) is 7.44. The molecule has 0 bridgehead atoms. The highest BCUT2D eigenvalue weighted by atomic mass is 127. The first-order valence-corrected chi connectivity index (χ1v) is 9.49. The van der Waals surface area contributed by atoms with Crippen LogP contribution in [0.5, 0.6) is 0 Å². The maximum Gasteiger partial charge on any atom is 0.194 e. The van der Waals surface area contributed by atoms with Crippen LogP contribution in [0.15, 0.2) is 21.8 Å². The first kappa shape index (κ1) is 23.2. The topological polar surface area (TPSA) is 60.1 Å². The third kappa shape index (κ3) is 7.40. The van der Waals surface area contributed by atoms with Crippen LogP contribution < -0.4 is 5.32 Å². The molecule has 26 heavy (non-hydrogen) atoms. The van der Waals surface area contributed by atoms with E-state index in [9.17, 15) is 0 Å². The monoisotopic (exact) mass is 478 g/mol. The summed E-state index contributed by atoms with van der Waals surface area (Å²) in [4.78, 5) is 12.0. The molecule has 0 amide bonds. The average molecular weight is 478 g/mol. The van der Waals surface area contributed by atoms with E-state index in [1.165, 1.54) is 6.42 Å². The minimum atomic E-state index is 0. The first-order chi connectivity index (χ1) is 12.1. The summed E-state index contributed by atoms with van der Waals surface area (Å²) < 4.78 is 4.92. The zero-order valence-electron chi connectivity index (χ0n) is 16.6. The molecule has 1 atom stereocenters. The average Bonchev–Trinajstić information content (AvgIpc) is 3.14. The van der Waals surface area contributed by atoms with E-state index in [4.69, 9.17) is 9.52 Å². The number of aliphatic imine (C=N–C) groups is 1. The van der Waals surface area contributed by atoms with Gasteiger partial charge in [-0.25, -0.2) is 0 Å². The molecule has 1 aliphatic heterocycles. The number of nitrogens with one attached hydrogen (secondary N) is 1. The van der Waals surface area contributed by atoms with Gasteiger partial charge < -0.3 is 19.6 Å². The minimum absolute atomic E-state index is 0. The number of aromatic nitrogens is 1. The van der Waals surface area contributed by atoms with Gasteiger partial charge in [0, 0.05) is 57.9 Å². The quantitative estimate of drug-likeness (QED) is 0.351. The zero-order chi connectivity index (χ0) is 18.1. The first-order valence-electron chi connectivity index (χ1n) is 9.49. The Morgan fingerprint density at radius 1 is 1.35 bits per heavy atom. The Kier molecular flexibility index (Phi) is 11.1. The minimum Gasteiger partial charge on any atom is -0.364 e. The van der Waals surface area contributed by atoms with Crippen molar-refractivity contribution in [3.63, 3.8) is 0 Å². The van der Waals surface area contributed by atoms with Crippen LogP contribution >= 0.6 is 24.0 Å². The van der Waals surface area contributed by atoms with E-state index in [0.717, 1.165) is 64.0 Å². The SMILES string of the molecule is CCNC(=NCCN(C)C(C)CC)N1CCN(Cc2ccon2)CC1.I. The molecule has 0 aromatic carbocycles. The summed E-state index contributed by atoms with van der Waals surface area (Å²) in [6.45, 7) is 14.2. The zero-order valence-corrected chi connectivity index (χ0v) is 19.0. The van der Waals surface area contributed by atoms with Gasteiger partial charge in [0.25, 0.3) is 0 Å². The third-order valence-corrected chi connectivity index (χ3v) is 4.94. The summed E-state index contributed by atoms with van der Waals surface area (Å²) in [5.74, 6) is 1.04. The number of likely N-dealkylation sites (N-methyl/N-ethyl adjacent to an activating group) is 1. The van der Waals surface area contributed by atoms with E-state index in [2.05, 4.69) is 53.0 Å². The predicted octanol–water partition coefficient (Wildman–Crippen LogP) is 2.11. The molecule has 1 aromatic heterocycles. The van der Waals surface area contributed by atoms with Gasteiger partial charge in [-0.3, -0.25) is 9.89 Å². The summed E-state index contributed by atoms with van der Waals surface area (Å²) in [6.07, 6.45) is 2.81. The predicted molar refractivity (Wildman–Crippen MR) is 117 cm³/mol. The van der Waals surface area contributed by atoms with Crippen molar-refractivity contribution in [3.05, 3.63) is 18.0 Å². The van der Waals surface area contributed by atoms with E-state index in [0.29, 0.717) is 6.04 Å². The molecule has 1 unspecified atom stereocenters. The molecule has 1 saturated heterocycles. The number of guanidine groups is 1. The highest BCUT2D eigenvalue weighted by Gasteiger charge is 2.20. The van der Waals surface area contributed by atoms with Crippen molar-refractivity contribution in [1.29, 1.82) is 0 Å². The van der Waals surface area contributed by atoms with Gasteiger partial charge in [0.05, 0.1) is 12.2 Å². The second-order valence-electron chi connectivity index (χ2n) is 6.73. The second-order valence-corrected chi connectivity index (χ2v) is 6.73. The summed E-state index contributed by atoms with van der Waals surface area (Å²) in [6, 6.07) is 2.55. The van der Waals surface area contributed by atoms with Crippen LogP contribution in [0.2, 0.25) is 0 Å². The van der Waals surface area contributed by atoms with Crippen molar-refractivity contribution < 1.29 is 4.52 Å². The largest absolute Gasteiger partial charge is 0.364 e. The molecule has 2 rings (SSSR count). The molecule has 1 fully saturated rings. The summed E-state index contributed by atoms with van der Waals surface area (Å²) >= 11 is 0. The van der Waals surface area contributed by atoms with Crippen molar-refractivity contribution in [3.8, 4) is 0 Å². The molecule has 8 heteroatoms. The Labute approximate surface area is 175 Å². The molecule has 0 aliphatic carbocycles. The molecule has 7 nitrogen and oxygen atoms in total. The fraction of sp³-hybridized carbons (Fsp3) is 0.778. The van der Waals surface area contributed by atoms with Crippen LogP contribution in [0.4, 0.5) is 0 Å². The van der Waals surface area contributed by atoms with Crippen LogP contribution in [0.3, 0.4) is 0 Å². The number of hydrogen-bond acceptors (Lipinski definition) is 5. The van der Waals surface area contributed by atoms with Crippen LogP contribution in [-0.4, -0.2) is 84.7 Å². The van der Waals surface area contributed by atoms with Gasteiger partial charge in [0.1, 0.15) is 6.26 Å². The van der Waals surface area contributed by atoms with Crippen LogP contribution in [0, 0.1) is 0 Å². The van der Waals surface area contributed by atoms with Gasteiger partial charge in [0.15, 0.2) is 5.96 Å². The Morgan fingerprint density at radius 3 is 2.65 bits per heavy atom. The van der Waals surface area contributed by atoms with Crippen molar-refractivity contribution in [2.45, 2.75) is 39.8 Å². The highest BCUT2D eigenvalue weighted by Crippen LogP contribution is 2.07. The van der Waals surface area contributed by atoms with E-state index >= 15 is 0 Å². The van der Waals surface area contributed by atoms with Crippen molar-refractivity contribution in [1.82, 2.24) is 25.2 Å². The lowest BCUT2D eigenvalue weighted by molar-refractivity contribution is 0.169. The fourth-order valence-electron chi connectivity index (χ4n) is 2.94. The number of halogens is 1. The molecule has 0 radical (unpaired) electrons. The smallest absolute Gasteiger partial charge is 0.194 e. The molecule has 0 spiro atoms. The summed E-state index contributed by atoms with van der Waals surface area (Å²) in [7, 11) is 2.18. The molecule has 150 valence electrons. The Balaban J connectivity index is 0.00000338.